The van der Waals surface area contributed by atoms with Crippen LogP contribution in [-0.4, -0.2) is 28.1 Å². The second-order valence-electron chi connectivity index (χ2n) is 3.89. The first kappa shape index (κ1) is 14.8. The summed E-state index contributed by atoms with van der Waals surface area (Å²) in [6.45, 7) is 5.00. The van der Waals surface area contributed by atoms with Crippen LogP contribution in [0.5, 0.6) is 6.01 Å². The Bertz CT molecular complexity index is 562. The number of hydrogen-bond donors (Lipinski definition) is 1. The molecule has 0 fully saturated rings. The molecule has 0 aliphatic carbocycles. The van der Waals surface area contributed by atoms with Crippen LogP contribution in [0.1, 0.15) is 13.8 Å². The zero-order chi connectivity index (χ0) is 14.5. The third-order valence-electron chi connectivity index (χ3n) is 2.34. The van der Waals surface area contributed by atoms with Crippen LogP contribution < -0.4 is 10.1 Å². The van der Waals surface area contributed by atoms with Gasteiger partial charge < -0.3 is 10.1 Å². The average Bonchev–Trinajstić information content (AvgIpc) is 2.38. The molecule has 1 N–H and O–H groups in total. The van der Waals surface area contributed by atoms with Crippen molar-refractivity contribution in [2.75, 3.05) is 18.5 Å². The van der Waals surface area contributed by atoms with Crippen LogP contribution in [0, 0.1) is 0 Å². The topological polar surface area (TPSA) is 59.9 Å². The summed E-state index contributed by atoms with van der Waals surface area (Å²) in [4.78, 5) is 12.7. The normalized spacial score (nSPS) is 10.4. The summed E-state index contributed by atoms with van der Waals surface area (Å²) < 4.78 is 5.35. The minimum absolute atomic E-state index is 0.268. The van der Waals surface area contributed by atoms with Gasteiger partial charge in [0.05, 0.1) is 6.61 Å². The van der Waals surface area contributed by atoms with Crippen molar-refractivity contribution in [3.8, 4) is 17.4 Å². The van der Waals surface area contributed by atoms with Crippen LogP contribution in [0.2, 0.25) is 10.0 Å². The molecule has 1 aromatic heterocycles. The number of ether oxygens (including phenoxy) is 1. The second-order valence-corrected chi connectivity index (χ2v) is 4.76. The first-order chi connectivity index (χ1) is 9.62. The predicted molar refractivity (Wildman–Crippen MR) is 80.6 cm³/mol. The highest BCUT2D eigenvalue weighted by atomic mass is 35.5. The Morgan fingerprint density at radius 3 is 2.35 bits per heavy atom. The Kier molecular flexibility index (Phi) is 4.98. The molecule has 20 heavy (non-hydrogen) atoms. The molecule has 0 aliphatic rings. The molecule has 0 bridgehead atoms. The third-order valence-corrected chi connectivity index (χ3v) is 2.78. The van der Waals surface area contributed by atoms with E-state index in [1.807, 2.05) is 13.8 Å². The van der Waals surface area contributed by atoms with E-state index in [0.717, 1.165) is 0 Å². The fourth-order valence-corrected chi connectivity index (χ4v) is 2.13. The Balaban J connectivity index is 2.48. The summed E-state index contributed by atoms with van der Waals surface area (Å²) in [5, 5.41) is 4.09. The molecule has 106 valence electrons. The van der Waals surface area contributed by atoms with Crippen LogP contribution >= 0.6 is 23.2 Å². The Morgan fingerprint density at radius 1 is 1.05 bits per heavy atom. The number of anilines is 1. The molecule has 0 spiro atoms. The summed E-state index contributed by atoms with van der Waals surface area (Å²) in [5.41, 5.74) is 0.713. The van der Waals surface area contributed by atoms with E-state index in [2.05, 4.69) is 20.3 Å². The maximum absolute atomic E-state index is 6.00. The van der Waals surface area contributed by atoms with E-state index in [9.17, 15) is 0 Å². The third kappa shape index (κ3) is 3.71. The van der Waals surface area contributed by atoms with Gasteiger partial charge in [-0.05, 0) is 32.0 Å². The highest BCUT2D eigenvalue weighted by Crippen LogP contribution is 2.26. The molecule has 0 unspecified atom stereocenters. The maximum Gasteiger partial charge on any atom is 0.321 e. The fraction of sp³-hybridized carbons (Fsp3) is 0.308. The van der Waals surface area contributed by atoms with E-state index in [-0.39, 0.29) is 6.01 Å². The van der Waals surface area contributed by atoms with Crippen molar-refractivity contribution in [2.45, 2.75) is 13.8 Å². The lowest BCUT2D eigenvalue weighted by atomic mass is 10.2. The van der Waals surface area contributed by atoms with E-state index in [1.165, 1.54) is 0 Å². The fourth-order valence-electron chi connectivity index (χ4n) is 1.60. The number of hydrogen-bond acceptors (Lipinski definition) is 5. The molecule has 1 heterocycles. The van der Waals surface area contributed by atoms with Crippen molar-refractivity contribution >= 4 is 29.2 Å². The number of aromatic nitrogens is 3. The Labute approximate surface area is 127 Å². The van der Waals surface area contributed by atoms with Crippen molar-refractivity contribution in [1.82, 2.24) is 15.0 Å². The van der Waals surface area contributed by atoms with Gasteiger partial charge in [0, 0.05) is 22.2 Å². The van der Waals surface area contributed by atoms with Crippen LogP contribution in [-0.2, 0) is 0 Å². The first-order valence-electron chi connectivity index (χ1n) is 6.21. The summed E-state index contributed by atoms with van der Waals surface area (Å²) in [7, 11) is 0. The summed E-state index contributed by atoms with van der Waals surface area (Å²) >= 11 is 12.0. The van der Waals surface area contributed by atoms with E-state index in [0.29, 0.717) is 40.5 Å². The first-order valence-corrected chi connectivity index (χ1v) is 6.97. The smallest absolute Gasteiger partial charge is 0.321 e. The highest BCUT2D eigenvalue weighted by Gasteiger charge is 2.10. The van der Waals surface area contributed by atoms with Gasteiger partial charge in [0.2, 0.25) is 5.95 Å². The monoisotopic (exact) mass is 312 g/mol. The molecular weight excluding hydrogens is 299 g/mol. The van der Waals surface area contributed by atoms with Gasteiger partial charge >= 0.3 is 6.01 Å². The van der Waals surface area contributed by atoms with Crippen LogP contribution in [0.15, 0.2) is 18.2 Å². The predicted octanol–water partition coefficient (Wildman–Crippen LogP) is 3.68. The van der Waals surface area contributed by atoms with Gasteiger partial charge in [0.1, 0.15) is 0 Å². The number of benzene rings is 1. The largest absolute Gasteiger partial charge is 0.464 e. The molecule has 0 amide bonds. The van der Waals surface area contributed by atoms with Gasteiger partial charge in [-0.2, -0.15) is 15.0 Å². The minimum atomic E-state index is 0.268. The second kappa shape index (κ2) is 6.72. The van der Waals surface area contributed by atoms with Gasteiger partial charge in [-0.25, -0.2) is 0 Å². The minimum Gasteiger partial charge on any atom is -0.464 e. The number of halogens is 2. The van der Waals surface area contributed by atoms with Crippen molar-refractivity contribution in [3.05, 3.63) is 28.2 Å². The number of rotatable bonds is 5. The van der Waals surface area contributed by atoms with Crippen LogP contribution in [0.25, 0.3) is 11.4 Å². The molecule has 0 atom stereocenters. The molecule has 0 saturated carbocycles. The lowest BCUT2D eigenvalue weighted by molar-refractivity contribution is 0.312. The van der Waals surface area contributed by atoms with Gasteiger partial charge in [0.15, 0.2) is 5.82 Å². The van der Waals surface area contributed by atoms with E-state index < -0.39 is 0 Å². The van der Waals surface area contributed by atoms with Gasteiger partial charge in [0.25, 0.3) is 0 Å². The van der Waals surface area contributed by atoms with Crippen molar-refractivity contribution in [1.29, 1.82) is 0 Å². The SMILES string of the molecule is CCNc1nc(OCC)nc(-c2cc(Cl)cc(Cl)c2)n1. The van der Waals surface area contributed by atoms with Crippen LogP contribution in [0.3, 0.4) is 0 Å². The lowest BCUT2D eigenvalue weighted by Crippen LogP contribution is -2.07. The van der Waals surface area contributed by atoms with Crippen molar-refractivity contribution in [2.24, 2.45) is 0 Å². The number of nitrogens with zero attached hydrogens (tertiary/aromatic N) is 3. The van der Waals surface area contributed by atoms with E-state index >= 15 is 0 Å². The molecule has 0 radical (unpaired) electrons. The molecule has 5 nitrogen and oxygen atoms in total. The lowest BCUT2D eigenvalue weighted by Gasteiger charge is -2.08. The molecular formula is C13H14Cl2N4O. The van der Waals surface area contributed by atoms with Gasteiger partial charge in [-0.15, -0.1) is 0 Å². The quantitative estimate of drug-likeness (QED) is 0.912. The van der Waals surface area contributed by atoms with E-state index in [4.69, 9.17) is 27.9 Å². The summed E-state index contributed by atoms with van der Waals surface area (Å²) in [6, 6.07) is 5.41. The molecule has 2 rings (SSSR count). The number of nitrogens with one attached hydrogen (secondary N) is 1. The Morgan fingerprint density at radius 2 is 1.75 bits per heavy atom. The van der Waals surface area contributed by atoms with Gasteiger partial charge in [-0.3, -0.25) is 0 Å². The van der Waals surface area contributed by atoms with Crippen LogP contribution in [0.4, 0.5) is 5.95 Å². The van der Waals surface area contributed by atoms with Crippen molar-refractivity contribution in [3.63, 3.8) is 0 Å². The zero-order valence-electron chi connectivity index (χ0n) is 11.2. The van der Waals surface area contributed by atoms with Gasteiger partial charge in [-0.1, -0.05) is 23.2 Å². The maximum atomic E-state index is 6.00. The standard InChI is InChI=1S/C13H14Cl2N4O/c1-3-16-12-17-11(18-13(19-12)20-4-2)8-5-9(14)7-10(15)6-8/h5-7H,3-4H2,1-2H3,(H,16,17,18,19). The average molecular weight is 313 g/mol. The molecule has 0 saturated heterocycles. The molecule has 7 heteroatoms. The summed E-state index contributed by atoms with van der Waals surface area (Å²) in [5.74, 6) is 0.917. The molecule has 2 aromatic rings. The van der Waals surface area contributed by atoms with Crippen molar-refractivity contribution < 1.29 is 4.74 Å². The molecule has 0 aliphatic heterocycles. The Hall–Kier alpha value is -1.59. The highest BCUT2D eigenvalue weighted by molar-refractivity contribution is 6.35. The molecule has 1 aromatic carbocycles. The van der Waals surface area contributed by atoms with E-state index in [1.54, 1.807) is 18.2 Å². The zero-order valence-corrected chi connectivity index (χ0v) is 12.7. The summed E-state index contributed by atoms with van der Waals surface area (Å²) in [6.07, 6.45) is 0.